The molecular formula is C21H25ClN6O. The van der Waals surface area contributed by atoms with Crippen LogP contribution in [0.4, 0.5) is 4.79 Å². The van der Waals surface area contributed by atoms with Crippen LogP contribution in [-0.2, 0) is 0 Å². The van der Waals surface area contributed by atoms with Crippen LogP contribution < -0.4 is 16.2 Å². The van der Waals surface area contributed by atoms with Crippen LogP contribution in [-0.4, -0.2) is 39.8 Å². The number of urea groups is 1. The molecule has 0 bridgehead atoms. The Labute approximate surface area is 175 Å². The van der Waals surface area contributed by atoms with Crippen LogP contribution in [0.3, 0.4) is 0 Å². The van der Waals surface area contributed by atoms with Gasteiger partial charge in [0.2, 0.25) is 0 Å². The van der Waals surface area contributed by atoms with Crippen LogP contribution in [0.5, 0.6) is 0 Å². The van der Waals surface area contributed by atoms with Crippen molar-refractivity contribution in [2.24, 2.45) is 11.8 Å². The summed E-state index contributed by atoms with van der Waals surface area (Å²) in [6.45, 7) is 2.83. The molecular weight excluding hydrogens is 388 g/mol. The highest BCUT2D eigenvalue weighted by atomic mass is 35.5. The van der Waals surface area contributed by atoms with E-state index in [2.05, 4.69) is 33.3 Å². The van der Waals surface area contributed by atoms with Gasteiger partial charge in [0.1, 0.15) is 0 Å². The lowest BCUT2D eigenvalue weighted by Gasteiger charge is -2.47. The highest BCUT2D eigenvalue weighted by molar-refractivity contribution is 6.30. The van der Waals surface area contributed by atoms with Crippen molar-refractivity contribution in [3.8, 4) is 0 Å². The maximum Gasteiger partial charge on any atom is 0.318 e. The normalized spacial score (nSPS) is 32.3. The molecule has 1 aromatic carbocycles. The van der Waals surface area contributed by atoms with Crippen molar-refractivity contribution < 1.29 is 4.79 Å². The predicted molar refractivity (Wildman–Crippen MR) is 110 cm³/mol. The first-order valence-electron chi connectivity index (χ1n) is 10.2. The zero-order valence-corrected chi connectivity index (χ0v) is 17.0. The zero-order chi connectivity index (χ0) is 20.0. The summed E-state index contributed by atoms with van der Waals surface area (Å²) in [5.74, 6) is 0.869. The third-order valence-corrected chi connectivity index (χ3v) is 7.02. The van der Waals surface area contributed by atoms with Gasteiger partial charge < -0.3 is 10.2 Å². The van der Waals surface area contributed by atoms with Gasteiger partial charge in [0.15, 0.2) is 0 Å². The van der Waals surface area contributed by atoms with E-state index in [9.17, 15) is 4.79 Å². The first-order chi connectivity index (χ1) is 14.1. The summed E-state index contributed by atoms with van der Waals surface area (Å²) < 4.78 is 0. The molecule has 1 saturated carbocycles. The minimum absolute atomic E-state index is 0.0121. The second-order valence-electron chi connectivity index (χ2n) is 8.38. The number of carbonyl (C=O) groups excluding carboxylic acids is 1. The van der Waals surface area contributed by atoms with Crippen LogP contribution in [0.2, 0.25) is 5.02 Å². The summed E-state index contributed by atoms with van der Waals surface area (Å²) in [4.78, 5) is 14.8. The maximum atomic E-state index is 12.9. The topological polar surface area (TPSA) is 82.2 Å². The fourth-order valence-corrected chi connectivity index (χ4v) is 5.41. The Kier molecular flexibility index (Phi) is 4.89. The first-order valence-corrected chi connectivity index (χ1v) is 10.6. The summed E-state index contributed by atoms with van der Waals surface area (Å²) in [5, 5.41) is 11.9. The van der Waals surface area contributed by atoms with Crippen LogP contribution in [0, 0.1) is 11.8 Å². The molecule has 2 amide bonds. The Balaban J connectivity index is 1.34. The fraction of sp³-hybridized carbons (Fsp3) is 0.476. The molecule has 5 unspecified atom stereocenters. The van der Waals surface area contributed by atoms with Gasteiger partial charge in [-0.05, 0) is 60.9 Å². The Bertz CT molecular complexity index is 896. The average molecular weight is 413 g/mol. The van der Waals surface area contributed by atoms with E-state index >= 15 is 0 Å². The molecule has 29 heavy (non-hydrogen) atoms. The molecule has 1 aromatic heterocycles. The molecule has 3 N–H and O–H groups in total. The molecule has 2 saturated heterocycles. The van der Waals surface area contributed by atoms with E-state index < -0.39 is 0 Å². The Morgan fingerprint density at radius 3 is 2.86 bits per heavy atom. The first kappa shape index (κ1) is 18.8. The highest BCUT2D eigenvalue weighted by Crippen LogP contribution is 2.42. The summed E-state index contributed by atoms with van der Waals surface area (Å²) >= 11 is 6.17. The number of hydrogen-bond donors (Lipinski definition) is 3. The van der Waals surface area contributed by atoms with Gasteiger partial charge in [-0.15, -0.1) is 0 Å². The van der Waals surface area contributed by atoms with Gasteiger partial charge in [0.25, 0.3) is 0 Å². The molecule has 2 aromatic rings. The molecule has 1 aliphatic carbocycles. The van der Waals surface area contributed by atoms with Crippen molar-refractivity contribution in [3.63, 3.8) is 0 Å². The number of benzene rings is 1. The number of aromatic nitrogens is 2. The van der Waals surface area contributed by atoms with Crippen molar-refractivity contribution in [1.29, 1.82) is 0 Å². The van der Waals surface area contributed by atoms with E-state index in [0.717, 1.165) is 30.5 Å². The standard InChI is InChI=1S/C21H25ClN6O/c1-12(13-3-2-4-16(22)7-13)28-11-15-8-17-19(9-18(15)25-21(28)29)26-27-20(17)14-5-6-23-24-10-14/h2-7,10,12,15,17-20,26-27H,8-9,11H2,1H3,(H,25,29)/t12-,15?,17?,18?,19?,20?/m1/s1. The number of amides is 2. The third-order valence-electron chi connectivity index (χ3n) is 6.79. The quantitative estimate of drug-likeness (QED) is 0.722. The van der Waals surface area contributed by atoms with Gasteiger partial charge in [-0.3, -0.25) is 5.43 Å². The minimum Gasteiger partial charge on any atom is -0.335 e. The number of halogens is 1. The Morgan fingerprint density at radius 1 is 1.17 bits per heavy atom. The van der Waals surface area contributed by atoms with Crippen molar-refractivity contribution in [2.75, 3.05) is 6.54 Å². The van der Waals surface area contributed by atoms with E-state index in [-0.39, 0.29) is 24.2 Å². The second-order valence-corrected chi connectivity index (χ2v) is 8.82. The number of rotatable bonds is 3. The average Bonchev–Trinajstić information content (AvgIpc) is 3.14. The van der Waals surface area contributed by atoms with Crippen molar-refractivity contribution in [2.45, 2.75) is 43.9 Å². The molecule has 0 spiro atoms. The molecule has 7 nitrogen and oxygen atoms in total. The number of nitrogens with zero attached hydrogens (tertiary/aromatic N) is 3. The van der Waals surface area contributed by atoms with Gasteiger partial charge in [-0.2, -0.15) is 10.2 Å². The van der Waals surface area contributed by atoms with Crippen LogP contribution in [0.15, 0.2) is 42.7 Å². The van der Waals surface area contributed by atoms with Crippen LogP contribution >= 0.6 is 11.6 Å². The largest absolute Gasteiger partial charge is 0.335 e. The van der Waals surface area contributed by atoms with Crippen molar-refractivity contribution in [3.05, 3.63) is 58.9 Å². The molecule has 5 rings (SSSR count). The lowest BCUT2D eigenvalue weighted by Crippen LogP contribution is -2.61. The summed E-state index contributed by atoms with van der Waals surface area (Å²) in [6, 6.07) is 10.5. The number of hydrogen-bond acceptors (Lipinski definition) is 5. The van der Waals surface area contributed by atoms with E-state index in [0.29, 0.717) is 22.9 Å². The number of carbonyl (C=O) groups is 1. The van der Waals surface area contributed by atoms with Crippen LogP contribution in [0.25, 0.3) is 0 Å². The molecule has 8 heteroatoms. The SMILES string of the molecule is C[C@H](c1cccc(Cl)c1)N1CC2CC3C(CC2NC1=O)NNC3c1ccnnc1. The molecule has 3 heterocycles. The summed E-state index contributed by atoms with van der Waals surface area (Å²) in [6.07, 6.45) is 5.55. The number of hydrazine groups is 1. The maximum absolute atomic E-state index is 12.9. The van der Waals surface area contributed by atoms with E-state index in [1.165, 1.54) is 0 Å². The van der Waals surface area contributed by atoms with Gasteiger partial charge >= 0.3 is 6.03 Å². The van der Waals surface area contributed by atoms with E-state index in [4.69, 9.17) is 11.6 Å². The second kappa shape index (κ2) is 7.55. The molecule has 6 atom stereocenters. The van der Waals surface area contributed by atoms with Gasteiger partial charge in [-0.1, -0.05) is 23.7 Å². The smallest absolute Gasteiger partial charge is 0.318 e. The Hall–Kier alpha value is -2.22. The molecule has 0 radical (unpaired) electrons. The molecule has 3 fully saturated rings. The van der Waals surface area contributed by atoms with Gasteiger partial charge in [0, 0.05) is 29.8 Å². The zero-order valence-electron chi connectivity index (χ0n) is 16.3. The fourth-order valence-electron chi connectivity index (χ4n) is 5.21. The molecule has 2 aliphatic heterocycles. The molecule has 152 valence electrons. The predicted octanol–water partition coefficient (Wildman–Crippen LogP) is 2.83. The summed E-state index contributed by atoms with van der Waals surface area (Å²) in [7, 11) is 0. The van der Waals surface area contributed by atoms with Crippen molar-refractivity contribution in [1.82, 2.24) is 31.3 Å². The monoisotopic (exact) mass is 412 g/mol. The van der Waals surface area contributed by atoms with Crippen LogP contribution in [0.1, 0.15) is 43.0 Å². The van der Waals surface area contributed by atoms with Crippen molar-refractivity contribution >= 4 is 17.6 Å². The lowest BCUT2D eigenvalue weighted by atomic mass is 9.71. The molecule has 3 aliphatic rings. The minimum atomic E-state index is -0.0209. The third kappa shape index (κ3) is 3.47. The van der Waals surface area contributed by atoms with Gasteiger partial charge in [-0.25, -0.2) is 10.2 Å². The lowest BCUT2D eigenvalue weighted by molar-refractivity contribution is 0.0835. The number of fused-ring (bicyclic) bond motifs is 2. The Morgan fingerprint density at radius 2 is 2.07 bits per heavy atom. The number of nitrogens with one attached hydrogen (secondary N) is 3. The van der Waals surface area contributed by atoms with E-state index in [1.54, 1.807) is 6.20 Å². The van der Waals surface area contributed by atoms with Gasteiger partial charge in [0.05, 0.1) is 18.3 Å². The highest BCUT2D eigenvalue weighted by Gasteiger charge is 2.48. The summed E-state index contributed by atoms with van der Waals surface area (Å²) in [5.41, 5.74) is 9.10. The van der Waals surface area contributed by atoms with E-state index in [1.807, 2.05) is 41.4 Å².